The molecule has 3 nitrogen and oxygen atoms in total. The molecule has 0 aliphatic heterocycles. The third-order valence-corrected chi connectivity index (χ3v) is 10.4. The summed E-state index contributed by atoms with van der Waals surface area (Å²) < 4.78 is 0. The predicted octanol–water partition coefficient (Wildman–Crippen LogP) is 6.52. The molecule has 1 N–H and O–H groups in total. The first-order chi connectivity index (χ1) is 11.7. The monoisotopic (exact) mass is 354 g/mol. The Hall–Kier alpha value is -0.790. The molecular weight excluding hydrogens is 313 g/mol. The highest BCUT2D eigenvalue weighted by Crippen LogP contribution is 2.58. The molecule has 4 heteroatoms. The van der Waals surface area contributed by atoms with E-state index in [0.29, 0.717) is 0 Å². The molecular formula is C20H41N3P+. The molecule has 0 saturated carbocycles. The van der Waals surface area contributed by atoms with Crippen molar-refractivity contribution in [3.8, 4) is 12.4 Å². The fourth-order valence-corrected chi connectivity index (χ4v) is 6.29. The Kier molecular flexibility index (Phi) is 21.5. The summed E-state index contributed by atoms with van der Waals surface area (Å²) in [5.74, 6) is 0. The van der Waals surface area contributed by atoms with Gasteiger partial charge in [-0.2, -0.15) is 10.5 Å². The van der Waals surface area contributed by atoms with Crippen molar-refractivity contribution < 1.29 is 0 Å². The number of hydrogen-bond acceptors (Lipinski definition) is 3. The van der Waals surface area contributed by atoms with Crippen LogP contribution in [0.4, 0.5) is 0 Å². The maximum Gasteiger partial charge on any atom is 0.190 e. The Labute approximate surface area is 152 Å². The summed E-state index contributed by atoms with van der Waals surface area (Å²) in [7, 11) is -0.513. The molecule has 0 unspecified atom stereocenters. The Balaban J connectivity index is 0. The number of rotatable bonds is 14. The van der Waals surface area contributed by atoms with Gasteiger partial charge in [-0.05, 0) is 33.6 Å². The van der Waals surface area contributed by atoms with Crippen molar-refractivity contribution in [1.82, 2.24) is 5.32 Å². The molecule has 0 aromatic heterocycles. The van der Waals surface area contributed by atoms with Gasteiger partial charge in [-0.3, -0.25) is 0 Å². The van der Waals surface area contributed by atoms with E-state index in [1.165, 1.54) is 95.1 Å². The van der Waals surface area contributed by atoms with Gasteiger partial charge in [-0.1, -0.05) is 58.3 Å². The zero-order valence-corrected chi connectivity index (χ0v) is 17.6. The quantitative estimate of drug-likeness (QED) is 0.167. The smallest absolute Gasteiger partial charge is 0.190 e. The third-order valence-electron chi connectivity index (χ3n) is 5.11. The molecule has 0 aliphatic carbocycles. The van der Waals surface area contributed by atoms with Gasteiger partial charge in [0.05, 0.1) is 24.6 Å². The Morgan fingerprint density at radius 1 is 0.625 bits per heavy atom. The molecule has 0 saturated heterocycles. The molecule has 24 heavy (non-hydrogen) atoms. The number of unbranched alkanes of at least 4 members (excludes halogenated alkanes) is 9. The maximum atomic E-state index is 7.48. The van der Waals surface area contributed by atoms with Crippen molar-refractivity contribution >= 4 is 7.26 Å². The van der Waals surface area contributed by atoms with Crippen LogP contribution in [0, 0.1) is 22.9 Å². The largest absolute Gasteiger partial charge is 0.229 e. The van der Waals surface area contributed by atoms with Crippen LogP contribution in [-0.2, 0) is 0 Å². The molecule has 0 spiro atoms. The average Bonchev–Trinajstić information content (AvgIpc) is 2.62. The summed E-state index contributed by atoms with van der Waals surface area (Å²) in [6.45, 7) is 9.58. The SMILES string of the molecule is CCCCCCCCCCCC[P+](CC)(CC)CC.N#CNC#N. The fraction of sp³-hybridized carbons (Fsp3) is 0.900. The molecule has 0 rings (SSSR count). The number of nitrogens with zero attached hydrogens (tertiary/aromatic N) is 2. The van der Waals surface area contributed by atoms with Crippen LogP contribution in [0.3, 0.4) is 0 Å². The van der Waals surface area contributed by atoms with Crippen LogP contribution in [-0.4, -0.2) is 24.6 Å². The normalized spacial score (nSPS) is 10.2. The van der Waals surface area contributed by atoms with E-state index >= 15 is 0 Å². The van der Waals surface area contributed by atoms with E-state index in [2.05, 4.69) is 27.7 Å². The van der Waals surface area contributed by atoms with Crippen LogP contribution in [0.5, 0.6) is 0 Å². The minimum absolute atomic E-state index is 0.513. The fourth-order valence-electron chi connectivity index (χ4n) is 3.10. The number of nitrogens with one attached hydrogen (secondary N) is 1. The maximum absolute atomic E-state index is 7.48. The van der Waals surface area contributed by atoms with E-state index in [-0.39, 0.29) is 0 Å². The van der Waals surface area contributed by atoms with Crippen LogP contribution >= 0.6 is 7.26 Å². The summed E-state index contributed by atoms with van der Waals surface area (Å²) in [6.07, 6.45) is 23.6. The molecule has 0 amide bonds. The van der Waals surface area contributed by atoms with Gasteiger partial charge in [0.25, 0.3) is 0 Å². The lowest BCUT2D eigenvalue weighted by atomic mass is 10.1. The average molecular weight is 355 g/mol. The zero-order valence-electron chi connectivity index (χ0n) is 16.7. The lowest BCUT2D eigenvalue weighted by Crippen LogP contribution is -2.07. The van der Waals surface area contributed by atoms with E-state index in [1.54, 1.807) is 11.5 Å². The number of hydrogen-bond donors (Lipinski definition) is 1. The van der Waals surface area contributed by atoms with E-state index in [0.717, 1.165) is 0 Å². The highest BCUT2D eigenvalue weighted by Gasteiger charge is 2.29. The summed E-state index contributed by atoms with van der Waals surface area (Å²) in [5.41, 5.74) is 0. The van der Waals surface area contributed by atoms with Gasteiger partial charge in [-0.15, -0.1) is 0 Å². The van der Waals surface area contributed by atoms with Crippen LogP contribution in [0.25, 0.3) is 0 Å². The van der Waals surface area contributed by atoms with Crippen molar-refractivity contribution in [1.29, 1.82) is 10.5 Å². The molecule has 0 radical (unpaired) electrons. The highest BCUT2D eigenvalue weighted by molar-refractivity contribution is 7.75. The molecule has 0 aromatic rings. The first kappa shape index (κ1) is 25.5. The third kappa shape index (κ3) is 16.1. The van der Waals surface area contributed by atoms with E-state index in [1.807, 2.05) is 0 Å². The molecule has 0 atom stereocenters. The second kappa shape index (κ2) is 20.3. The molecule has 0 aromatic carbocycles. The van der Waals surface area contributed by atoms with Crippen molar-refractivity contribution in [2.24, 2.45) is 0 Å². The molecule has 0 bridgehead atoms. The van der Waals surface area contributed by atoms with E-state index < -0.39 is 7.26 Å². The van der Waals surface area contributed by atoms with Gasteiger partial charge in [0.15, 0.2) is 12.4 Å². The lowest BCUT2D eigenvalue weighted by molar-refractivity contribution is 0.562. The molecule has 140 valence electrons. The Morgan fingerprint density at radius 3 is 1.29 bits per heavy atom. The van der Waals surface area contributed by atoms with Gasteiger partial charge < -0.3 is 0 Å². The topological polar surface area (TPSA) is 59.6 Å². The minimum atomic E-state index is -0.513. The van der Waals surface area contributed by atoms with Crippen molar-refractivity contribution in [3.05, 3.63) is 0 Å². The Bertz CT molecular complexity index is 306. The van der Waals surface area contributed by atoms with Crippen LogP contribution in [0.2, 0.25) is 0 Å². The van der Waals surface area contributed by atoms with Crippen LogP contribution in [0.1, 0.15) is 91.9 Å². The van der Waals surface area contributed by atoms with Gasteiger partial charge >= 0.3 is 0 Å². The number of nitriles is 2. The second-order valence-electron chi connectivity index (χ2n) is 6.54. The van der Waals surface area contributed by atoms with Crippen molar-refractivity contribution in [2.45, 2.75) is 91.9 Å². The second-order valence-corrected chi connectivity index (χ2v) is 11.6. The molecule has 0 aliphatic rings. The predicted molar refractivity (Wildman–Crippen MR) is 110 cm³/mol. The molecule has 0 fully saturated rings. The summed E-state index contributed by atoms with van der Waals surface area (Å²) in [4.78, 5) is 0. The first-order valence-electron chi connectivity index (χ1n) is 10.0. The van der Waals surface area contributed by atoms with Gasteiger partial charge in [0.1, 0.15) is 0 Å². The van der Waals surface area contributed by atoms with Gasteiger partial charge in [0, 0.05) is 7.26 Å². The molecule has 0 heterocycles. The summed E-state index contributed by atoms with van der Waals surface area (Å²) in [6, 6.07) is 0. The lowest BCUT2D eigenvalue weighted by Gasteiger charge is -2.23. The van der Waals surface area contributed by atoms with Gasteiger partial charge in [-0.25, -0.2) is 5.32 Å². The zero-order chi connectivity index (χ0) is 18.5. The van der Waals surface area contributed by atoms with Crippen LogP contribution in [0.15, 0.2) is 0 Å². The van der Waals surface area contributed by atoms with Crippen molar-refractivity contribution in [3.63, 3.8) is 0 Å². The van der Waals surface area contributed by atoms with Crippen LogP contribution < -0.4 is 5.32 Å². The van der Waals surface area contributed by atoms with Gasteiger partial charge in [0.2, 0.25) is 0 Å². The van der Waals surface area contributed by atoms with Crippen molar-refractivity contribution in [2.75, 3.05) is 24.6 Å². The standard InChI is InChI=1S/C18H40P.C2HN3/c1-5-9-10-11-12-13-14-15-16-17-18-19(6-2,7-3)8-4;3-1-5-2-4/h5-18H2,1-4H3;5H/q+1;. The Morgan fingerprint density at radius 2 is 1.00 bits per heavy atom. The summed E-state index contributed by atoms with van der Waals surface area (Å²) >= 11 is 0. The van der Waals surface area contributed by atoms with E-state index in [9.17, 15) is 0 Å². The summed E-state index contributed by atoms with van der Waals surface area (Å²) in [5, 5.41) is 16.7. The first-order valence-corrected chi connectivity index (χ1v) is 12.6. The van der Waals surface area contributed by atoms with E-state index in [4.69, 9.17) is 10.5 Å². The highest BCUT2D eigenvalue weighted by atomic mass is 31.2. The minimum Gasteiger partial charge on any atom is -0.229 e.